The number of morpholine rings is 1. The highest BCUT2D eigenvalue weighted by atomic mass is 19.4. The van der Waals surface area contributed by atoms with Crippen LogP contribution in [0.25, 0.3) is 0 Å². The monoisotopic (exact) mass is 247 g/mol. The minimum Gasteiger partial charge on any atom is -0.508 e. The first-order chi connectivity index (χ1) is 7.98. The first-order valence-corrected chi connectivity index (χ1v) is 5.20. The zero-order chi connectivity index (χ0) is 12.5. The average Bonchev–Trinajstić information content (AvgIpc) is 2.29. The normalized spacial score (nSPS) is 21.5. The number of alkyl halides is 3. The van der Waals surface area contributed by atoms with Crippen molar-refractivity contribution < 1.29 is 23.0 Å². The Morgan fingerprint density at radius 3 is 2.71 bits per heavy atom. The van der Waals surface area contributed by atoms with Crippen molar-refractivity contribution in [3.8, 4) is 5.75 Å². The second kappa shape index (κ2) is 4.54. The Kier molecular flexibility index (Phi) is 3.26. The zero-order valence-electron chi connectivity index (χ0n) is 8.92. The molecule has 1 saturated heterocycles. The van der Waals surface area contributed by atoms with E-state index >= 15 is 0 Å². The molecule has 1 fully saturated rings. The van der Waals surface area contributed by atoms with Crippen LogP contribution in [0.2, 0.25) is 0 Å². The summed E-state index contributed by atoms with van der Waals surface area (Å²) >= 11 is 0. The lowest BCUT2D eigenvalue weighted by Crippen LogP contribution is -2.34. The lowest BCUT2D eigenvalue weighted by molar-refractivity contribution is -0.137. The van der Waals surface area contributed by atoms with Crippen molar-refractivity contribution in [2.75, 3.05) is 19.8 Å². The fraction of sp³-hybridized carbons (Fsp3) is 0.455. The molecule has 0 bridgehead atoms. The first kappa shape index (κ1) is 12.2. The summed E-state index contributed by atoms with van der Waals surface area (Å²) in [4.78, 5) is 0. The predicted molar refractivity (Wildman–Crippen MR) is 54.7 cm³/mol. The maximum atomic E-state index is 12.5. The number of rotatable bonds is 1. The van der Waals surface area contributed by atoms with Crippen molar-refractivity contribution in [1.82, 2.24) is 5.32 Å². The van der Waals surface area contributed by atoms with E-state index in [-0.39, 0.29) is 17.9 Å². The van der Waals surface area contributed by atoms with E-state index in [1.165, 1.54) is 0 Å². The maximum Gasteiger partial charge on any atom is 0.416 e. The quantitative estimate of drug-likeness (QED) is 0.798. The van der Waals surface area contributed by atoms with Crippen molar-refractivity contribution in [3.05, 3.63) is 29.3 Å². The van der Waals surface area contributed by atoms with Crippen LogP contribution in [-0.2, 0) is 10.9 Å². The second-order valence-corrected chi connectivity index (χ2v) is 3.85. The Labute approximate surface area is 96.2 Å². The van der Waals surface area contributed by atoms with Gasteiger partial charge < -0.3 is 15.2 Å². The van der Waals surface area contributed by atoms with Gasteiger partial charge in [0.2, 0.25) is 0 Å². The van der Waals surface area contributed by atoms with Crippen LogP contribution in [0.1, 0.15) is 17.2 Å². The molecule has 6 heteroatoms. The summed E-state index contributed by atoms with van der Waals surface area (Å²) in [6.07, 6.45) is -4.40. The van der Waals surface area contributed by atoms with E-state index in [2.05, 4.69) is 5.32 Å². The third-order valence-corrected chi connectivity index (χ3v) is 2.65. The number of phenolic OH excluding ortho intramolecular Hbond substituents is 1. The Morgan fingerprint density at radius 2 is 2.12 bits per heavy atom. The van der Waals surface area contributed by atoms with Crippen LogP contribution in [0.4, 0.5) is 13.2 Å². The number of benzene rings is 1. The molecule has 2 rings (SSSR count). The van der Waals surface area contributed by atoms with Crippen LogP contribution < -0.4 is 5.32 Å². The summed E-state index contributed by atoms with van der Waals surface area (Å²) in [6, 6.07) is 2.49. The number of aromatic hydroxyl groups is 1. The average molecular weight is 247 g/mol. The number of hydrogen-bond donors (Lipinski definition) is 2. The highest BCUT2D eigenvalue weighted by Crippen LogP contribution is 2.34. The highest BCUT2D eigenvalue weighted by molar-refractivity contribution is 5.39. The fourth-order valence-corrected chi connectivity index (χ4v) is 1.78. The Morgan fingerprint density at radius 1 is 1.35 bits per heavy atom. The molecular formula is C11H12F3NO2. The van der Waals surface area contributed by atoms with Gasteiger partial charge in [-0.25, -0.2) is 0 Å². The number of nitrogens with one attached hydrogen (secondary N) is 1. The molecule has 0 aromatic heterocycles. The van der Waals surface area contributed by atoms with Gasteiger partial charge in [-0.2, -0.15) is 13.2 Å². The lowest BCUT2D eigenvalue weighted by Gasteiger charge is -2.25. The van der Waals surface area contributed by atoms with Crippen molar-refractivity contribution in [2.24, 2.45) is 0 Å². The fourth-order valence-electron chi connectivity index (χ4n) is 1.78. The number of halogens is 3. The molecule has 0 saturated carbocycles. The van der Waals surface area contributed by atoms with Gasteiger partial charge in [0.15, 0.2) is 0 Å². The first-order valence-electron chi connectivity index (χ1n) is 5.20. The minimum atomic E-state index is -4.40. The molecule has 0 aliphatic carbocycles. The van der Waals surface area contributed by atoms with Gasteiger partial charge in [-0.3, -0.25) is 0 Å². The molecule has 3 nitrogen and oxygen atoms in total. The summed E-state index contributed by atoms with van der Waals surface area (Å²) in [5.74, 6) is -0.152. The molecule has 2 N–H and O–H groups in total. The van der Waals surface area contributed by atoms with Gasteiger partial charge in [0.1, 0.15) is 5.75 Å². The Bertz CT molecular complexity index is 400. The van der Waals surface area contributed by atoms with E-state index in [4.69, 9.17) is 4.74 Å². The molecule has 1 atom stereocenters. The molecule has 94 valence electrons. The molecule has 1 aliphatic heterocycles. The largest absolute Gasteiger partial charge is 0.508 e. The zero-order valence-corrected chi connectivity index (χ0v) is 8.92. The Hall–Kier alpha value is -1.27. The summed E-state index contributed by atoms with van der Waals surface area (Å²) in [5, 5.41) is 12.6. The molecule has 0 amide bonds. The summed E-state index contributed by atoms with van der Waals surface area (Å²) in [6.45, 7) is 1.34. The van der Waals surface area contributed by atoms with Crippen LogP contribution in [0, 0.1) is 0 Å². The van der Waals surface area contributed by atoms with Crippen molar-refractivity contribution in [2.45, 2.75) is 12.2 Å². The van der Waals surface area contributed by atoms with E-state index in [0.717, 1.165) is 18.2 Å². The SMILES string of the molecule is Oc1ccc(C(F)(F)F)cc1[C@@H]1COCCN1. The maximum absolute atomic E-state index is 12.5. The van der Waals surface area contributed by atoms with Gasteiger partial charge >= 0.3 is 6.18 Å². The molecular weight excluding hydrogens is 235 g/mol. The van der Waals surface area contributed by atoms with Gasteiger partial charge in [0.05, 0.1) is 24.8 Å². The van der Waals surface area contributed by atoms with Crippen LogP contribution >= 0.6 is 0 Å². The van der Waals surface area contributed by atoms with Crippen LogP contribution in [0.5, 0.6) is 5.75 Å². The third-order valence-electron chi connectivity index (χ3n) is 2.65. The highest BCUT2D eigenvalue weighted by Gasteiger charge is 2.32. The Balaban J connectivity index is 2.31. The summed E-state index contributed by atoms with van der Waals surface area (Å²) < 4.78 is 42.8. The van der Waals surface area contributed by atoms with Gasteiger partial charge in [-0.15, -0.1) is 0 Å². The van der Waals surface area contributed by atoms with Crippen molar-refractivity contribution >= 4 is 0 Å². The van der Waals surface area contributed by atoms with Gasteiger partial charge in [-0.05, 0) is 18.2 Å². The summed E-state index contributed by atoms with van der Waals surface area (Å²) in [5.41, 5.74) is -0.544. The smallest absolute Gasteiger partial charge is 0.416 e. The molecule has 0 unspecified atom stereocenters. The van der Waals surface area contributed by atoms with Gasteiger partial charge in [-0.1, -0.05) is 0 Å². The van der Waals surface area contributed by atoms with E-state index in [9.17, 15) is 18.3 Å². The molecule has 1 aromatic rings. The third kappa shape index (κ3) is 2.70. The second-order valence-electron chi connectivity index (χ2n) is 3.85. The van der Waals surface area contributed by atoms with E-state index < -0.39 is 17.8 Å². The van der Waals surface area contributed by atoms with E-state index in [1.807, 2.05) is 0 Å². The number of phenols is 1. The van der Waals surface area contributed by atoms with E-state index in [0.29, 0.717) is 13.2 Å². The minimum absolute atomic E-state index is 0.152. The van der Waals surface area contributed by atoms with Crippen LogP contribution in [0.15, 0.2) is 18.2 Å². The van der Waals surface area contributed by atoms with Gasteiger partial charge in [0.25, 0.3) is 0 Å². The van der Waals surface area contributed by atoms with Crippen LogP contribution in [-0.4, -0.2) is 24.9 Å². The van der Waals surface area contributed by atoms with Crippen LogP contribution in [0.3, 0.4) is 0 Å². The number of ether oxygens (including phenoxy) is 1. The molecule has 0 spiro atoms. The molecule has 1 aliphatic rings. The van der Waals surface area contributed by atoms with E-state index in [1.54, 1.807) is 0 Å². The number of hydrogen-bond acceptors (Lipinski definition) is 3. The standard InChI is InChI=1S/C11H12F3NO2/c12-11(13,14)7-1-2-10(16)8(5-7)9-6-17-4-3-15-9/h1-2,5,9,15-16H,3-4,6H2/t9-/m0/s1. The summed E-state index contributed by atoms with van der Waals surface area (Å²) in [7, 11) is 0. The topological polar surface area (TPSA) is 41.5 Å². The van der Waals surface area contributed by atoms with Crippen molar-refractivity contribution in [1.29, 1.82) is 0 Å². The van der Waals surface area contributed by atoms with Crippen molar-refractivity contribution in [3.63, 3.8) is 0 Å². The predicted octanol–water partition coefficient (Wildman–Crippen LogP) is 2.07. The molecule has 1 heterocycles. The molecule has 0 radical (unpaired) electrons. The lowest BCUT2D eigenvalue weighted by atomic mass is 10.0. The molecule has 1 aromatic carbocycles. The molecule has 17 heavy (non-hydrogen) atoms. The van der Waals surface area contributed by atoms with Gasteiger partial charge in [0, 0.05) is 12.1 Å².